The molecule has 0 aliphatic carbocycles. The van der Waals surface area contributed by atoms with E-state index in [-0.39, 0.29) is 12.6 Å². The Morgan fingerprint density at radius 2 is 1.53 bits per heavy atom. The van der Waals surface area contributed by atoms with E-state index in [0.29, 0.717) is 12.2 Å². The molecule has 1 N–H and O–H groups in total. The Morgan fingerprint density at radius 3 is 2.19 bits per heavy atom. The topological polar surface area (TPSA) is 55.8 Å². The van der Waals surface area contributed by atoms with Crippen LogP contribution in [0.15, 0.2) is 48.5 Å². The van der Waals surface area contributed by atoms with Gasteiger partial charge in [0.1, 0.15) is 5.75 Å². The number of carbonyl (C=O) groups is 1. The molecule has 0 aliphatic heterocycles. The van der Waals surface area contributed by atoms with Gasteiger partial charge in [-0.2, -0.15) is 0 Å². The Morgan fingerprint density at radius 1 is 0.875 bits per heavy atom. The second-order valence-electron chi connectivity index (χ2n) is 8.02. The van der Waals surface area contributed by atoms with Gasteiger partial charge >= 0.3 is 5.97 Å². The van der Waals surface area contributed by atoms with Crippen LogP contribution in [0.3, 0.4) is 0 Å². The maximum absolute atomic E-state index is 12.0. The molecule has 0 aliphatic rings. The quantitative estimate of drug-likeness (QED) is 0.186. The lowest BCUT2D eigenvalue weighted by atomic mass is 10.0. The summed E-state index contributed by atoms with van der Waals surface area (Å²) in [4.78, 5) is 12.0. The van der Waals surface area contributed by atoms with Crippen LogP contribution in [0, 0.1) is 0 Å². The molecule has 0 radical (unpaired) electrons. The number of hydrogen-bond acceptors (Lipinski definition) is 4. The molecule has 0 fully saturated rings. The van der Waals surface area contributed by atoms with Crippen molar-refractivity contribution in [1.29, 1.82) is 0 Å². The minimum atomic E-state index is -0.357. The van der Waals surface area contributed by atoms with Crippen molar-refractivity contribution in [3.63, 3.8) is 0 Å². The van der Waals surface area contributed by atoms with Crippen molar-refractivity contribution in [3.05, 3.63) is 65.2 Å². The Bertz CT molecular complexity index is 824. The minimum Gasteiger partial charge on any atom is -0.494 e. The van der Waals surface area contributed by atoms with Gasteiger partial charge in [0.05, 0.1) is 25.4 Å². The lowest BCUT2D eigenvalue weighted by Gasteiger charge is -2.09. The van der Waals surface area contributed by atoms with Crippen LogP contribution in [0.5, 0.6) is 5.75 Å². The van der Waals surface area contributed by atoms with Crippen molar-refractivity contribution in [1.82, 2.24) is 0 Å². The Labute approximate surface area is 193 Å². The van der Waals surface area contributed by atoms with E-state index in [9.17, 15) is 9.90 Å². The Kier molecular flexibility index (Phi) is 12.2. The predicted octanol–water partition coefficient (Wildman–Crippen LogP) is 6.92. The molecule has 0 aromatic heterocycles. The van der Waals surface area contributed by atoms with E-state index < -0.39 is 0 Å². The van der Waals surface area contributed by atoms with Crippen LogP contribution in [0.25, 0.3) is 11.6 Å². The molecular weight excluding hydrogens is 400 g/mol. The number of aliphatic hydroxyl groups is 1. The summed E-state index contributed by atoms with van der Waals surface area (Å²) in [7, 11) is 0. The average molecular weight is 439 g/mol. The molecule has 0 saturated heterocycles. The molecule has 2 aromatic rings. The zero-order valence-electron chi connectivity index (χ0n) is 19.6. The standard InChI is InChI=1S/C28H38O4/c1-3-5-6-7-8-9-10-11-19-32-27-17-15-23(16-18-27)20-26(22-29)24-13-12-14-25(21-24)28(30)31-4-2/h12-18,20-21,29H,3-11,19,22H2,1-2H3/b26-20+. The van der Waals surface area contributed by atoms with Gasteiger partial charge in [0, 0.05) is 0 Å². The number of ether oxygens (including phenoxy) is 2. The van der Waals surface area contributed by atoms with E-state index >= 15 is 0 Å². The van der Waals surface area contributed by atoms with Crippen molar-refractivity contribution in [3.8, 4) is 5.75 Å². The van der Waals surface area contributed by atoms with E-state index in [4.69, 9.17) is 9.47 Å². The normalized spacial score (nSPS) is 11.4. The molecule has 0 heterocycles. The van der Waals surface area contributed by atoms with Gasteiger partial charge in [-0.3, -0.25) is 0 Å². The van der Waals surface area contributed by atoms with E-state index in [2.05, 4.69) is 6.92 Å². The maximum atomic E-state index is 12.0. The van der Waals surface area contributed by atoms with Crippen LogP contribution in [0.1, 0.15) is 86.7 Å². The SMILES string of the molecule is CCCCCCCCCCOc1ccc(/C=C(\CO)c2cccc(C(=O)OCC)c2)cc1. The molecular formula is C28H38O4. The first-order valence-electron chi connectivity index (χ1n) is 12.0. The molecule has 0 spiro atoms. The summed E-state index contributed by atoms with van der Waals surface area (Å²) in [6.07, 6.45) is 12.2. The first-order chi connectivity index (χ1) is 15.7. The summed E-state index contributed by atoms with van der Waals surface area (Å²) >= 11 is 0. The number of aliphatic hydroxyl groups excluding tert-OH is 1. The van der Waals surface area contributed by atoms with Gasteiger partial charge in [-0.25, -0.2) is 4.79 Å². The van der Waals surface area contributed by atoms with Crippen molar-refractivity contribution >= 4 is 17.6 Å². The summed E-state index contributed by atoms with van der Waals surface area (Å²) in [6.45, 7) is 4.98. The predicted molar refractivity (Wildman–Crippen MR) is 132 cm³/mol. The summed E-state index contributed by atoms with van der Waals surface area (Å²) in [5, 5.41) is 9.87. The monoisotopic (exact) mass is 438 g/mol. The fourth-order valence-electron chi connectivity index (χ4n) is 3.57. The smallest absolute Gasteiger partial charge is 0.338 e. The molecule has 174 valence electrons. The molecule has 32 heavy (non-hydrogen) atoms. The third-order valence-electron chi connectivity index (χ3n) is 5.40. The number of benzene rings is 2. The molecule has 0 saturated carbocycles. The Hall–Kier alpha value is -2.59. The van der Waals surface area contributed by atoms with Crippen LogP contribution < -0.4 is 4.74 Å². The maximum Gasteiger partial charge on any atom is 0.338 e. The summed E-state index contributed by atoms with van der Waals surface area (Å²) < 4.78 is 10.9. The van der Waals surface area contributed by atoms with Crippen molar-refractivity contribution in [2.24, 2.45) is 0 Å². The third-order valence-corrected chi connectivity index (χ3v) is 5.40. The molecule has 2 aromatic carbocycles. The van der Waals surface area contributed by atoms with E-state index in [1.165, 1.54) is 44.9 Å². The fourth-order valence-corrected chi connectivity index (χ4v) is 3.57. The van der Waals surface area contributed by atoms with Gasteiger partial charge in [-0.1, -0.05) is 76.1 Å². The van der Waals surface area contributed by atoms with Crippen LogP contribution in [-0.2, 0) is 4.74 Å². The summed E-state index contributed by atoms with van der Waals surface area (Å²) in [5.74, 6) is 0.504. The van der Waals surface area contributed by atoms with Crippen LogP contribution in [0.2, 0.25) is 0 Å². The molecule has 0 unspecified atom stereocenters. The fraction of sp³-hybridized carbons (Fsp3) is 0.464. The van der Waals surface area contributed by atoms with Gasteiger partial charge in [0.15, 0.2) is 0 Å². The van der Waals surface area contributed by atoms with Crippen molar-refractivity contribution in [2.75, 3.05) is 19.8 Å². The van der Waals surface area contributed by atoms with Crippen molar-refractivity contribution < 1.29 is 19.4 Å². The number of unbranched alkanes of at least 4 members (excludes halogenated alkanes) is 7. The lowest BCUT2D eigenvalue weighted by Crippen LogP contribution is -2.05. The highest BCUT2D eigenvalue weighted by Gasteiger charge is 2.09. The second kappa shape index (κ2) is 15.3. The van der Waals surface area contributed by atoms with E-state index in [0.717, 1.165) is 35.5 Å². The summed E-state index contributed by atoms with van der Waals surface area (Å²) in [6, 6.07) is 15.0. The molecule has 0 amide bonds. The molecule has 0 atom stereocenters. The van der Waals surface area contributed by atoms with Crippen LogP contribution in [-0.4, -0.2) is 30.9 Å². The third kappa shape index (κ3) is 9.27. The highest BCUT2D eigenvalue weighted by molar-refractivity contribution is 5.92. The summed E-state index contributed by atoms with van der Waals surface area (Å²) in [5.41, 5.74) is 2.99. The number of hydrogen-bond donors (Lipinski definition) is 1. The number of esters is 1. The number of carbonyl (C=O) groups excluding carboxylic acids is 1. The van der Waals surface area contributed by atoms with E-state index in [1.54, 1.807) is 25.1 Å². The van der Waals surface area contributed by atoms with Gasteiger partial charge in [0.2, 0.25) is 0 Å². The lowest BCUT2D eigenvalue weighted by molar-refractivity contribution is 0.0526. The van der Waals surface area contributed by atoms with Crippen molar-refractivity contribution in [2.45, 2.75) is 65.2 Å². The van der Waals surface area contributed by atoms with Gasteiger partial charge < -0.3 is 14.6 Å². The van der Waals surface area contributed by atoms with Crippen LogP contribution >= 0.6 is 0 Å². The van der Waals surface area contributed by atoms with Gasteiger partial charge in [0.25, 0.3) is 0 Å². The number of rotatable bonds is 15. The first kappa shape index (κ1) is 25.7. The highest BCUT2D eigenvalue weighted by atomic mass is 16.5. The first-order valence-corrected chi connectivity index (χ1v) is 12.0. The minimum absolute atomic E-state index is 0.122. The van der Waals surface area contributed by atoms with Crippen LogP contribution in [0.4, 0.5) is 0 Å². The molecule has 0 bridgehead atoms. The average Bonchev–Trinajstić information content (AvgIpc) is 2.82. The van der Waals surface area contributed by atoms with E-state index in [1.807, 2.05) is 36.4 Å². The molecule has 4 heteroatoms. The molecule has 2 rings (SSSR count). The zero-order valence-corrected chi connectivity index (χ0v) is 19.6. The van der Waals surface area contributed by atoms with Gasteiger partial charge in [-0.05, 0) is 60.4 Å². The molecule has 4 nitrogen and oxygen atoms in total. The zero-order chi connectivity index (χ0) is 23.0. The second-order valence-corrected chi connectivity index (χ2v) is 8.02. The Balaban J connectivity index is 1.85. The largest absolute Gasteiger partial charge is 0.494 e. The highest BCUT2D eigenvalue weighted by Crippen LogP contribution is 2.21. The van der Waals surface area contributed by atoms with Gasteiger partial charge in [-0.15, -0.1) is 0 Å².